The van der Waals surface area contributed by atoms with E-state index in [4.69, 9.17) is 0 Å². The molecule has 0 aromatic heterocycles. The minimum atomic E-state index is -4.27. The van der Waals surface area contributed by atoms with Crippen LogP contribution in [0.15, 0.2) is 0 Å². The molecular weight excluding hydrogens is 161 g/mol. The van der Waals surface area contributed by atoms with Gasteiger partial charge in [0.2, 0.25) is 0 Å². The van der Waals surface area contributed by atoms with Gasteiger partial charge in [-0.25, -0.2) is 0 Å². The number of ether oxygens (including phenoxy) is 2. The number of alkyl halides is 3. The van der Waals surface area contributed by atoms with E-state index >= 15 is 0 Å². The molecule has 0 aliphatic rings. The van der Waals surface area contributed by atoms with E-state index in [0.29, 0.717) is 0 Å². The molecule has 0 amide bonds. The monoisotopic (exact) mass is 172 g/mol. The number of rotatable bonds is 3. The average Bonchev–Trinajstić information content (AvgIpc) is 1.88. The van der Waals surface area contributed by atoms with E-state index in [1.54, 1.807) is 0 Å². The smallest absolute Gasteiger partial charge is 0.355 e. The summed E-state index contributed by atoms with van der Waals surface area (Å²) in [4.78, 5) is 0. The van der Waals surface area contributed by atoms with E-state index in [-0.39, 0.29) is 0 Å². The summed E-state index contributed by atoms with van der Waals surface area (Å²) < 4.78 is 44.6. The van der Waals surface area contributed by atoms with Crippen LogP contribution in [0.1, 0.15) is 6.92 Å². The van der Waals surface area contributed by atoms with Crippen LogP contribution in [0.3, 0.4) is 0 Å². The van der Waals surface area contributed by atoms with Gasteiger partial charge in [-0.15, -0.1) is 0 Å². The molecule has 1 atom stereocenters. The van der Waals surface area contributed by atoms with E-state index in [1.807, 2.05) is 0 Å². The third-order valence-electron chi connectivity index (χ3n) is 1.39. The van der Waals surface area contributed by atoms with E-state index in [1.165, 1.54) is 14.2 Å². The quantitative estimate of drug-likeness (QED) is 0.604. The Morgan fingerprint density at radius 2 is 1.45 bits per heavy atom. The fraction of sp³-hybridized carbons (Fsp3) is 1.00. The average molecular weight is 172 g/mol. The molecule has 5 heteroatoms. The summed E-state index contributed by atoms with van der Waals surface area (Å²) in [5.41, 5.74) is 0. The third-order valence-corrected chi connectivity index (χ3v) is 1.39. The minimum absolute atomic E-state index is 1.01. The van der Waals surface area contributed by atoms with Gasteiger partial charge in [-0.3, -0.25) is 0 Å². The highest BCUT2D eigenvalue weighted by Crippen LogP contribution is 2.29. The summed E-state index contributed by atoms with van der Waals surface area (Å²) >= 11 is 0. The third kappa shape index (κ3) is 3.07. The Morgan fingerprint density at radius 3 is 1.55 bits per heavy atom. The molecule has 0 rings (SSSR count). The standard InChI is InChI=1S/C6H11F3O2/c1-4(6(7,8)9)5(10-2)11-3/h4-5H,1-3H3. The summed E-state index contributed by atoms with van der Waals surface area (Å²) in [6, 6.07) is 0. The fourth-order valence-corrected chi connectivity index (χ4v) is 0.659. The summed E-state index contributed by atoms with van der Waals surface area (Å²) in [6.07, 6.45) is -5.48. The van der Waals surface area contributed by atoms with Crippen LogP contribution in [0, 0.1) is 5.92 Å². The Morgan fingerprint density at radius 1 is 1.09 bits per heavy atom. The van der Waals surface area contributed by atoms with Gasteiger partial charge in [0, 0.05) is 14.2 Å². The summed E-state index contributed by atoms with van der Waals surface area (Å²) in [7, 11) is 2.35. The maximum atomic E-state index is 11.9. The zero-order valence-electron chi connectivity index (χ0n) is 6.61. The molecule has 0 aliphatic heterocycles. The van der Waals surface area contributed by atoms with Gasteiger partial charge in [0.15, 0.2) is 6.29 Å². The molecule has 11 heavy (non-hydrogen) atoms. The molecule has 68 valence electrons. The van der Waals surface area contributed by atoms with Crippen LogP contribution in [0.2, 0.25) is 0 Å². The van der Waals surface area contributed by atoms with Crippen LogP contribution in [0.5, 0.6) is 0 Å². The zero-order chi connectivity index (χ0) is 9.07. The highest BCUT2D eigenvalue weighted by atomic mass is 19.4. The molecule has 0 spiro atoms. The van der Waals surface area contributed by atoms with Crippen molar-refractivity contribution in [2.75, 3.05) is 14.2 Å². The lowest BCUT2D eigenvalue weighted by Crippen LogP contribution is -2.34. The van der Waals surface area contributed by atoms with Crippen molar-refractivity contribution >= 4 is 0 Å². The minimum Gasteiger partial charge on any atom is -0.355 e. The van der Waals surface area contributed by atoms with Crippen LogP contribution in [0.4, 0.5) is 13.2 Å². The predicted molar refractivity (Wildman–Crippen MR) is 33.0 cm³/mol. The zero-order valence-corrected chi connectivity index (χ0v) is 6.61. The molecule has 2 nitrogen and oxygen atoms in total. The normalized spacial score (nSPS) is 15.5. The lowest BCUT2D eigenvalue weighted by molar-refractivity contribution is -0.247. The first-order valence-electron chi connectivity index (χ1n) is 3.05. The van der Waals surface area contributed by atoms with Gasteiger partial charge < -0.3 is 9.47 Å². The van der Waals surface area contributed by atoms with E-state index in [2.05, 4.69) is 9.47 Å². The Kier molecular flexibility index (Phi) is 3.82. The maximum Gasteiger partial charge on any atom is 0.396 e. The molecule has 0 fully saturated rings. The van der Waals surface area contributed by atoms with Gasteiger partial charge in [-0.2, -0.15) is 13.2 Å². The van der Waals surface area contributed by atoms with Crippen LogP contribution in [-0.4, -0.2) is 26.7 Å². The molecule has 0 saturated carbocycles. The van der Waals surface area contributed by atoms with Crippen molar-refractivity contribution in [2.45, 2.75) is 19.4 Å². The van der Waals surface area contributed by atoms with E-state index in [9.17, 15) is 13.2 Å². The Bertz CT molecular complexity index is 109. The van der Waals surface area contributed by atoms with Crippen molar-refractivity contribution in [2.24, 2.45) is 5.92 Å². The lowest BCUT2D eigenvalue weighted by Gasteiger charge is -2.22. The molecule has 0 saturated heterocycles. The van der Waals surface area contributed by atoms with E-state index < -0.39 is 18.4 Å². The van der Waals surface area contributed by atoms with E-state index in [0.717, 1.165) is 6.92 Å². The van der Waals surface area contributed by atoms with Crippen LogP contribution in [-0.2, 0) is 9.47 Å². The van der Waals surface area contributed by atoms with Crippen molar-refractivity contribution in [1.82, 2.24) is 0 Å². The Balaban J connectivity index is 4.09. The number of hydrogen-bond acceptors (Lipinski definition) is 2. The van der Waals surface area contributed by atoms with Gasteiger partial charge in [0.05, 0.1) is 0 Å². The van der Waals surface area contributed by atoms with Gasteiger partial charge in [-0.1, -0.05) is 0 Å². The second kappa shape index (κ2) is 3.92. The fourth-order valence-electron chi connectivity index (χ4n) is 0.659. The molecule has 0 N–H and O–H groups in total. The molecule has 0 aromatic rings. The molecule has 0 aromatic carbocycles. The van der Waals surface area contributed by atoms with Gasteiger partial charge in [-0.05, 0) is 6.92 Å². The first kappa shape index (κ1) is 10.7. The van der Waals surface area contributed by atoms with Gasteiger partial charge in [0.1, 0.15) is 5.92 Å². The van der Waals surface area contributed by atoms with Crippen LogP contribution >= 0.6 is 0 Å². The molecule has 0 radical (unpaired) electrons. The second-order valence-corrected chi connectivity index (χ2v) is 2.17. The summed E-state index contributed by atoms with van der Waals surface area (Å²) in [5, 5.41) is 0. The molecule has 1 unspecified atom stereocenters. The number of hydrogen-bond donors (Lipinski definition) is 0. The van der Waals surface area contributed by atoms with Gasteiger partial charge in [0.25, 0.3) is 0 Å². The van der Waals surface area contributed by atoms with Crippen molar-refractivity contribution in [3.05, 3.63) is 0 Å². The number of halogens is 3. The largest absolute Gasteiger partial charge is 0.396 e. The van der Waals surface area contributed by atoms with Gasteiger partial charge >= 0.3 is 6.18 Å². The molecule has 0 bridgehead atoms. The van der Waals surface area contributed by atoms with Crippen molar-refractivity contribution in [3.63, 3.8) is 0 Å². The predicted octanol–water partition coefficient (Wildman–Crippen LogP) is 1.80. The lowest BCUT2D eigenvalue weighted by atomic mass is 10.1. The first-order valence-corrected chi connectivity index (χ1v) is 3.05. The Labute approximate surface area is 63.3 Å². The molecule has 0 aliphatic carbocycles. The number of methoxy groups -OCH3 is 2. The van der Waals surface area contributed by atoms with Crippen molar-refractivity contribution in [3.8, 4) is 0 Å². The van der Waals surface area contributed by atoms with Crippen molar-refractivity contribution in [1.29, 1.82) is 0 Å². The molecule has 0 heterocycles. The SMILES string of the molecule is COC(OC)C(C)C(F)(F)F. The maximum absolute atomic E-state index is 11.9. The Hall–Kier alpha value is -0.290. The second-order valence-electron chi connectivity index (χ2n) is 2.17. The van der Waals surface area contributed by atoms with Crippen LogP contribution in [0.25, 0.3) is 0 Å². The van der Waals surface area contributed by atoms with Crippen molar-refractivity contribution < 1.29 is 22.6 Å². The highest BCUT2D eigenvalue weighted by molar-refractivity contribution is 4.65. The topological polar surface area (TPSA) is 18.5 Å². The summed E-state index contributed by atoms with van der Waals surface area (Å²) in [5.74, 6) is -1.60. The van der Waals surface area contributed by atoms with Crippen LogP contribution < -0.4 is 0 Å². The highest BCUT2D eigenvalue weighted by Gasteiger charge is 2.41. The molecular formula is C6H11F3O2. The first-order chi connectivity index (χ1) is 4.93. The summed E-state index contributed by atoms with van der Waals surface area (Å²) in [6.45, 7) is 1.01.